The minimum Gasteiger partial charge on any atom is -0.374 e. The Labute approximate surface area is 161 Å². The Morgan fingerprint density at radius 1 is 1.31 bits per heavy atom. The second kappa shape index (κ2) is 7.43. The van der Waals surface area contributed by atoms with Crippen LogP contribution in [0.15, 0.2) is 18.2 Å². The van der Waals surface area contributed by atoms with Crippen LogP contribution >= 0.6 is 11.8 Å². The first kappa shape index (κ1) is 18.2. The smallest absolute Gasteiger partial charge is 0.318 e. The van der Waals surface area contributed by atoms with Gasteiger partial charge in [-0.3, -0.25) is 0 Å². The summed E-state index contributed by atoms with van der Waals surface area (Å²) in [5.74, 6) is 2.26. The van der Waals surface area contributed by atoms with Crippen LogP contribution in [0.5, 0.6) is 0 Å². The number of rotatable bonds is 4. The summed E-state index contributed by atoms with van der Waals surface area (Å²) in [5.41, 5.74) is 3.84. The molecular formula is C21H30N2O2S. The number of thioether (sulfide) groups is 1. The van der Waals surface area contributed by atoms with Crippen LogP contribution in [0.4, 0.5) is 4.79 Å². The zero-order valence-electron chi connectivity index (χ0n) is 15.9. The van der Waals surface area contributed by atoms with Gasteiger partial charge in [-0.15, -0.1) is 0 Å². The standard InChI is InChI=1S/C21H30N2O2S/c1-15-3-4-17(11-16(15)2)13-23(19-5-6-19)20(24)22-18-7-9-25-21(12-18)8-10-26-14-21/h3-4,11,18-19H,5-10,12-14H2,1-2H3,(H,22,24)/t18-,21-/m0/s1. The van der Waals surface area contributed by atoms with E-state index >= 15 is 0 Å². The number of nitrogens with zero attached hydrogens (tertiary/aromatic N) is 1. The van der Waals surface area contributed by atoms with Crippen molar-refractivity contribution in [2.45, 2.75) is 70.2 Å². The van der Waals surface area contributed by atoms with Gasteiger partial charge < -0.3 is 15.0 Å². The zero-order chi connectivity index (χ0) is 18.1. The Balaban J connectivity index is 1.40. The first-order chi connectivity index (χ1) is 12.5. The van der Waals surface area contributed by atoms with E-state index in [4.69, 9.17) is 4.74 Å². The predicted octanol–water partition coefficient (Wildman–Crippen LogP) is 4.03. The van der Waals surface area contributed by atoms with Gasteiger partial charge in [0.05, 0.1) is 5.60 Å². The van der Waals surface area contributed by atoms with Crippen LogP contribution in [-0.2, 0) is 11.3 Å². The van der Waals surface area contributed by atoms with Crippen molar-refractivity contribution in [2.24, 2.45) is 0 Å². The summed E-state index contributed by atoms with van der Waals surface area (Å²) in [5, 5.41) is 3.34. The predicted molar refractivity (Wildman–Crippen MR) is 107 cm³/mol. The van der Waals surface area contributed by atoms with Crippen molar-refractivity contribution in [2.75, 3.05) is 18.1 Å². The first-order valence-electron chi connectivity index (χ1n) is 9.90. The average molecular weight is 375 g/mol. The SMILES string of the molecule is Cc1ccc(CN(C(=O)N[C@H]2CCO[C@@]3(CCSC3)C2)C2CC2)cc1C. The molecule has 0 unspecified atom stereocenters. The lowest BCUT2D eigenvalue weighted by atomic mass is 9.90. The molecule has 1 aliphatic carbocycles. The molecule has 0 aromatic heterocycles. The van der Waals surface area contributed by atoms with Crippen molar-refractivity contribution in [1.29, 1.82) is 0 Å². The molecule has 3 fully saturated rings. The van der Waals surface area contributed by atoms with E-state index in [0.29, 0.717) is 12.6 Å². The number of hydrogen-bond acceptors (Lipinski definition) is 3. The Morgan fingerprint density at radius 3 is 2.85 bits per heavy atom. The monoisotopic (exact) mass is 374 g/mol. The number of urea groups is 1. The third-order valence-electron chi connectivity index (χ3n) is 6.06. The first-order valence-corrected chi connectivity index (χ1v) is 11.1. The number of benzene rings is 1. The molecule has 4 nitrogen and oxygen atoms in total. The van der Waals surface area contributed by atoms with Crippen LogP contribution in [0.3, 0.4) is 0 Å². The topological polar surface area (TPSA) is 41.6 Å². The third-order valence-corrected chi connectivity index (χ3v) is 7.28. The van der Waals surface area contributed by atoms with Gasteiger partial charge >= 0.3 is 6.03 Å². The van der Waals surface area contributed by atoms with Crippen LogP contribution in [0, 0.1) is 13.8 Å². The maximum absolute atomic E-state index is 13.0. The molecule has 5 heteroatoms. The molecule has 2 saturated heterocycles. The minimum atomic E-state index is 0.0132. The molecule has 1 aromatic rings. The molecule has 2 heterocycles. The lowest BCUT2D eigenvalue weighted by Crippen LogP contribution is -2.52. The van der Waals surface area contributed by atoms with Crippen molar-refractivity contribution in [3.8, 4) is 0 Å². The summed E-state index contributed by atoms with van der Waals surface area (Å²) in [4.78, 5) is 15.1. The maximum Gasteiger partial charge on any atom is 0.318 e. The molecule has 4 rings (SSSR count). The van der Waals surface area contributed by atoms with Gasteiger partial charge in [0, 0.05) is 31.0 Å². The molecule has 0 bridgehead atoms. The third kappa shape index (κ3) is 4.04. The van der Waals surface area contributed by atoms with E-state index in [-0.39, 0.29) is 17.7 Å². The number of amides is 2. The van der Waals surface area contributed by atoms with Crippen LogP contribution in [-0.4, -0.2) is 46.7 Å². The lowest BCUT2D eigenvalue weighted by molar-refractivity contribution is -0.0688. The molecule has 2 aliphatic heterocycles. The van der Waals surface area contributed by atoms with Gasteiger partial charge in [-0.05, 0) is 68.4 Å². The quantitative estimate of drug-likeness (QED) is 0.865. The molecule has 26 heavy (non-hydrogen) atoms. The largest absolute Gasteiger partial charge is 0.374 e. The zero-order valence-corrected chi connectivity index (χ0v) is 16.7. The summed E-state index contributed by atoms with van der Waals surface area (Å²) >= 11 is 1.98. The highest BCUT2D eigenvalue weighted by atomic mass is 32.2. The van der Waals surface area contributed by atoms with Gasteiger partial charge in [0.2, 0.25) is 0 Å². The van der Waals surface area contributed by atoms with E-state index in [1.54, 1.807) is 0 Å². The summed E-state index contributed by atoms with van der Waals surface area (Å²) in [6.45, 7) is 5.75. The lowest BCUT2D eigenvalue weighted by Gasteiger charge is -2.38. The van der Waals surface area contributed by atoms with Gasteiger partial charge in [-0.25, -0.2) is 4.79 Å². The molecule has 1 saturated carbocycles. The minimum absolute atomic E-state index is 0.0132. The second-order valence-corrected chi connectivity index (χ2v) is 9.36. The molecule has 3 aliphatic rings. The molecule has 1 aromatic carbocycles. The number of carbonyl (C=O) groups excluding carboxylic acids is 1. The van der Waals surface area contributed by atoms with E-state index < -0.39 is 0 Å². The van der Waals surface area contributed by atoms with E-state index in [1.165, 1.54) is 22.4 Å². The molecule has 142 valence electrons. The Kier molecular flexibility index (Phi) is 5.20. The fourth-order valence-corrected chi connectivity index (χ4v) is 5.50. The van der Waals surface area contributed by atoms with Crippen LogP contribution in [0.25, 0.3) is 0 Å². The second-order valence-electron chi connectivity index (χ2n) is 8.25. The molecule has 1 spiro atoms. The summed E-state index contributed by atoms with van der Waals surface area (Å²) in [7, 11) is 0. The number of carbonyl (C=O) groups is 1. The highest BCUT2D eigenvalue weighted by Gasteiger charge is 2.41. The van der Waals surface area contributed by atoms with Gasteiger partial charge in [0.25, 0.3) is 0 Å². The van der Waals surface area contributed by atoms with Crippen LogP contribution in [0.1, 0.15) is 48.8 Å². The Morgan fingerprint density at radius 2 is 2.15 bits per heavy atom. The van der Waals surface area contributed by atoms with E-state index in [1.807, 2.05) is 11.8 Å². The normalized spacial score (nSPS) is 28.3. The fraction of sp³-hybridized carbons (Fsp3) is 0.667. The van der Waals surface area contributed by atoms with Crippen molar-refractivity contribution >= 4 is 17.8 Å². The van der Waals surface area contributed by atoms with E-state index in [0.717, 1.165) is 44.5 Å². The number of ether oxygens (including phenoxy) is 1. The summed E-state index contributed by atoms with van der Waals surface area (Å²) in [6, 6.07) is 7.30. The van der Waals surface area contributed by atoms with Gasteiger partial charge in [0.1, 0.15) is 0 Å². The summed E-state index contributed by atoms with van der Waals surface area (Å²) < 4.78 is 6.09. The van der Waals surface area contributed by atoms with Crippen molar-refractivity contribution in [3.05, 3.63) is 34.9 Å². The summed E-state index contributed by atoms with van der Waals surface area (Å²) in [6.07, 6.45) is 5.28. The average Bonchev–Trinajstić information content (AvgIpc) is 3.37. The number of hydrogen-bond donors (Lipinski definition) is 1. The molecular weight excluding hydrogens is 344 g/mol. The van der Waals surface area contributed by atoms with Crippen molar-refractivity contribution < 1.29 is 9.53 Å². The number of aryl methyl sites for hydroxylation is 2. The number of nitrogens with one attached hydrogen (secondary N) is 1. The van der Waals surface area contributed by atoms with Crippen molar-refractivity contribution in [3.63, 3.8) is 0 Å². The van der Waals surface area contributed by atoms with E-state index in [9.17, 15) is 4.79 Å². The van der Waals surface area contributed by atoms with Crippen molar-refractivity contribution in [1.82, 2.24) is 10.2 Å². The Bertz CT molecular complexity index is 668. The van der Waals surface area contributed by atoms with Gasteiger partial charge in [0.15, 0.2) is 0 Å². The van der Waals surface area contributed by atoms with Crippen LogP contribution < -0.4 is 5.32 Å². The molecule has 1 N–H and O–H groups in total. The Hall–Kier alpha value is -1.20. The molecule has 0 radical (unpaired) electrons. The molecule has 2 amide bonds. The fourth-order valence-electron chi connectivity index (χ4n) is 4.12. The highest BCUT2D eigenvalue weighted by molar-refractivity contribution is 7.99. The van der Waals surface area contributed by atoms with Crippen LogP contribution in [0.2, 0.25) is 0 Å². The molecule has 2 atom stereocenters. The van der Waals surface area contributed by atoms with E-state index in [2.05, 4.69) is 42.3 Å². The van der Waals surface area contributed by atoms with Gasteiger partial charge in [-0.1, -0.05) is 18.2 Å². The highest BCUT2D eigenvalue weighted by Crippen LogP contribution is 2.38. The van der Waals surface area contributed by atoms with Gasteiger partial charge in [-0.2, -0.15) is 11.8 Å². The maximum atomic E-state index is 13.0.